The summed E-state index contributed by atoms with van der Waals surface area (Å²) in [5, 5.41) is 8.71. The summed E-state index contributed by atoms with van der Waals surface area (Å²) >= 11 is 11.9. The van der Waals surface area contributed by atoms with Gasteiger partial charge in [-0.3, -0.25) is 9.59 Å². The van der Waals surface area contributed by atoms with Crippen molar-refractivity contribution in [2.75, 3.05) is 4.90 Å². The molecule has 1 atom stereocenters. The van der Waals surface area contributed by atoms with E-state index in [1.165, 1.54) is 30.3 Å². The molecule has 0 aromatic heterocycles. The quantitative estimate of drug-likeness (QED) is 0.709. The van der Waals surface area contributed by atoms with E-state index in [9.17, 15) is 18.0 Å². The number of amides is 2. The Labute approximate surface area is 166 Å². The Bertz CT molecular complexity index is 989. The summed E-state index contributed by atoms with van der Waals surface area (Å²) < 4.78 is 22.5. The minimum absolute atomic E-state index is 0.00176. The van der Waals surface area contributed by atoms with E-state index in [4.69, 9.17) is 28.3 Å². The molecular weight excluding hydrogens is 413 g/mol. The van der Waals surface area contributed by atoms with Crippen molar-refractivity contribution in [3.8, 4) is 0 Å². The van der Waals surface area contributed by atoms with Gasteiger partial charge >= 0.3 is 0 Å². The Kier molecular flexibility index (Phi) is 5.55. The number of carbonyl (C=O) groups is 2. The van der Waals surface area contributed by atoms with Crippen molar-refractivity contribution >= 4 is 50.7 Å². The first kappa shape index (κ1) is 19.8. The van der Waals surface area contributed by atoms with E-state index in [-0.39, 0.29) is 23.8 Å². The number of nitrogens with zero attached hydrogens (tertiary/aromatic N) is 1. The minimum Gasteiger partial charge on any atom is -0.301 e. The number of nitrogens with two attached hydrogens (primary N) is 1. The largest absolute Gasteiger partial charge is 0.301 e. The van der Waals surface area contributed by atoms with Gasteiger partial charge in [-0.25, -0.2) is 18.5 Å². The third-order valence-corrected chi connectivity index (χ3v) is 5.42. The Hall–Kier alpha value is -1.97. The Balaban J connectivity index is 1.70. The first-order chi connectivity index (χ1) is 12.6. The molecule has 7 nitrogen and oxygen atoms in total. The molecule has 27 heavy (non-hydrogen) atoms. The lowest BCUT2D eigenvalue weighted by molar-refractivity contribution is -0.121. The van der Waals surface area contributed by atoms with Gasteiger partial charge in [0.25, 0.3) is 5.91 Å². The van der Waals surface area contributed by atoms with E-state index in [2.05, 4.69) is 5.32 Å². The van der Waals surface area contributed by atoms with Gasteiger partial charge in [0.15, 0.2) is 0 Å². The number of primary sulfonamides is 1. The number of hydrogen-bond donors (Lipinski definition) is 2. The van der Waals surface area contributed by atoms with Crippen molar-refractivity contribution < 1.29 is 18.0 Å². The van der Waals surface area contributed by atoms with E-state index in [1.807, 2.05) is 0 Å². The van der Waals surface area contributed by atoms with Gasteiger partial charge in [-0.1, -0.05) is 35.3 Å². The number of hydrogen-bond acceptors (Lipinski definition) is 5. The van der Waals surface area contributed by atoms with Crippen molar-refractivity contribution in [3.63, 3.8) is 0 Å². The summed E-state index contributed by atoms with van der Waals surface area (Å²) in [5.74, 6) is -0.764. The lowest BCUT2D eigenvalue weighted by Crippen LogP contribution is -2.38. The maximum absolute atomic E-state index is 12.6. The predicted molar refractivity (Wildman–Crippen MR) is 102 cm³/mol. The first-order valence-electron chi connectivity index (χ1n) is 7.83. The molecule has 0 unspecified atom stereocenters. The third kappa shape index (κ3) is 4.48. The second kappa shape index (κ2) is 7.57. The van der Waals surface area contributed by atoms with Gasteiger partial charge < -0.3 is 5.32 Å². The van der Waals surface area contributed by atoms with Crippen LogP contribution in [0.25, 0.3) is 0 Å². The molecule has 1 saturated heterocycles. The van der Waals surface area contributed by atoms with Gasteiger partial charge in [0, 0.05) is 16.6 Å². The number of anilines is 1. The normalized spacial score (nSPS) is 17.6. The molecule has 1 aliphatic rings. The molecule has 3 N–H and O–H groups in total. The lowest BCUT2D eigenvalue weighted by atomic mass is 10.2. The number of nitrogens with one attached hydrogen (secondary N) is 1. The number of sulfonamides is 1. The predicted octanol–water partition coefficient (Wildman–Crippen LogP) is 2.06. The highest BCUT2D eigenvalue weighted by Crippen LogP contribution is 2.29. The van der Waals surface area contributed by atoms with Gasteiger partial charge in [-0.15, -0.1) is 0 Å². The Morgan fingerprint density at radius 2 is 1.67 bits per heavy atom. The summed E-state index contributed by atoms with van der Waals surface area (Å²) in [6.07, 6.45) is -0.00176. The van der Waals surface area contributed by atoms with Crippen molar-refractivity contribution in [2.24, 2.45) is 5.14 Å². The van der Waals surface area contributed by atoms with Crippen LogP contribution in [0.2, 0.25) is 10.0 Å². The van der Waals surface area contributed by atoms with Crippen molar-refractivity contribution in [2.45, 2.75) is 23.9 Å². The molecule has 0 bridgehead atoms. The molecule has 1 fully saturated rings. The Morgan fingerprint density at radius 3 is 2.22 bits per heavy atom. The van der Waals surface area contributed by atoms with E-state index in [0.29, 0.717) is 15.7 Å². The molecule has 0 aliphatic carbocycles. The summed E-state index contributed by atoms with van der Waals surface area (Å²) in [6.45, 7) is 0.277. The molecule has 10 heteroatoms. The van der Waals surface area contributed by atoms with Crippen molar-refractivity contribution in [1.82, 2.24) is 5.32 Å². The number of carbonyl (C=O) groups excluding carboxylic acids is 2. The van der Waals surface area contributed by atoms with Crippen LogP contribution in [0.1, 0.15) is 12.0 Å². The zero-order valence-electron chi connectivity index (χ0n) is 13.9. The van der Waals surface area contributed by atoms with Crippen molar-refractivity contribution in [1.29, 1.82) is 0 Å². The molecule has 0 saturated carbocycles. The fourth-order valence-electron chi connectivity index (χ4n) is 2.77. The standard InChI is InChI=1S/C17H15Cl2N3O4S/c18-11-5-12(19)7-13(6-11)22-16(23)8-15(17(22)24)21-9-10-1-3-14(4-2-10)27(20,25)26/h1-7,15,21H,8-9H2,(H2,20,25,26)/t15-/m1/s1. The van der Waals surface area contributed by atoms with Crippen LogP contribution in [0.15, 0.2) is 47.4 Å². The van der Waals surface area contributed by atoms with Crippen LogP contribution in [-0.2, 0) is 26.2 Å². The highest BCUT2D eigenvalue weighted by Gasteiger charge is 2.39. The maximum Gasteiger partial charge on any atom is 0.251 e. The van der Waals surface area contributed by atoms with Crippen LogP contribution in [0, 0.1) is 0 Å². The molecule has 1 heterocycles. The smallest absolute Gasteiger partial charge is 0.251 e. The highest BCUT2D eigenvalue weighted by molar-refractivity contribution is 7.89. The molecule has 2 aromatic carbocycles. The van der Waals surface area contributed by atoms with E-state index < -0.39 is 22.0 Å². The summed E-state index contributed by atoms with van der Waals surface area (Å²) in [6, 6.07) is 9.74. The summed E-state index contributed by atoms with van der Waals surface area (Å²) in [7, 11) is -3.76. The number of benzene rings is 2. The SMILES string of the molecule is NS(=O)(=O)c1ccc(CN[C@@H]2CC(=O)N(c3cc(Cl)cc(Cl)c3)C2=O)cc1. The zero-order chi connectivity index (χ0) is 19.8. The summed E-state index contributed by atoms with van der Waals surface area (Å²) in [5.41, 5.74) is 1.07. The topological polar surface area (TPSA) is 110 Å². The van der Waals surface area contributed by atoms with Crippen LogP contribution in [0.4, 0.5) is 5.69 Å². The lowest BCUT2D eigenvalue weighted by Gasteiger charge is -2.16. The zero-order valence-corrected chi connectivity index (χ0v) is 16.2. The molecule has 2 aromatic rings. The highest BCUT2D eigenvalue weighted by atomic mass is 35.5. The maximum atomic E-state index is 12.6. The van der Waals surface area contributed by atoms with E-state index in [1.54, 1.807) is 12.1 Å². The molecule has 2 amide bonds. The number of rotatable bonds is 5. The van der Waals surface area contributed by atoms with Crippen LogP contribution < -0.4 is 15.4 Å². The van der Waals surface area contributed by atoms with Crippen LogP contribution in [-0.4, -0.2) is 26.3 Å². The van der Waals surface area contributed by atoms with Gasteiger partial charge in [0.1, 0.15) is 0 Å². The van der Waals surface area contributed by atoms with Crippen molar-refractivity contribution in [3.05, 3.63) is 58.1 Å². The molecule has 0 radical (unpaired) electrons. The van der Waals surface area contributed by atoms with E-state index >= 15 is 0 Å². The molecule has 0 spiro atoms. The van der Waals surface area contributed by atoms with Gasteiger partial charge in [-0.05, 0) is 35.9 Å². The molecule has 142 valence electrons. The van der Waals surface area contributed by atoms with Gasteiger partial charge in [0.2, 0.25) is 15.9 Å². The van der Waals surface area contributed by atoms with Gasteiger partial charge in [-0.2, -0.15) is 0 Å². The average molecular weight is 428 g/mol. The van der Waals surface area contributed by atoms with Crippen LogP contribution in [0.3, 0.4) is 0 Å². The van der Waals surface area contributed by atoms with E-state index in [0.717, 1.165) is 10.5 Å². The minimum atomic E-state index is -3.76. The number of imide groups is 1. The molecular formula is C17H15Cl2N3O4S. The molecule has 1 aliphatic heterocycles. The molecule has 3 rings (SSSR count). The fourth-order valence-corrected chi connectivity index (χ4v) is 3.80. The third-order valence-electron chi connectivity index (χ3n) is 4.06. The van der Waals surface area contributed by atoms with Crippen LogP contribution in [0.5, 0.6) is 0 Å². The first-order valence-corrected chi connectivity index (χ1v) is 10.1. The Morgan fingerprint density at radius 1 is 1.07 bits per heavy atom. The number of halogens is 2. The fraction of sp³-hybridized carbons (Fsp3) is 0.176. The second-order valence-electron chi connectivity index (χ2n) is 6.02. The summed E-state index contributed by atoms with van der Waals surface area (Å²) in [4.78, 5) is 25.9. The second-order valence-corrected chi connectivity index (χ2v) is 8.46. The van der Waals surface area contributed by atoms with Gasteiger partial charge in [0.05, 0.1) is 23.0 Å². The average Bonchev–Trinajstić information content (AvgIpc) is 2.85. The monoisotopic (exact) mass is 427 g/mol. The van der Waals surface area contributed by atoms with Crippen LogP contribution >= 0.6 is 23.2 Å².